The van der Waals surface area contributed by atoms with E-state index in [0.29, 0.717) is 0 Å². The molecule has 0 radical (unpaired) electrons. The van der Waals surface area contributed by atoms with Gasteiger partial charge >= 0.3 is 0 Å². The van der Waals surface area contributed by atoms with Crippen LogP contribution in [0.1, 0.15) is 11.6 Å². The Labute approximate surface area is 116 Å². The highest BCUT2D eigenvalue weighted by atomic mass is 79.9. The Morgan fingerprint density at radius 2 is 2.17 bits per heavy atom. The quantitative estimate of drug-likeness (QED) is 0.927. The molecule has 1 aliphatic heterocycles. The molecule has 0 aliphatic carbocycles. The van der Waals surface area contributed by atoms with Gasteiger partial charge in [0.2, 0.25) is 0 Å². The lowest BCUT2D eigenvalue weighted by Gasteiger charge is -2.31. The molecule has 2 rings (SSSR count). The molecular weight excluding hydrogens is 294 g/mol. The Morgan fingerprint density at radius 1 is 1.44 bits per heavy atom. The van der Waals surface area contributed by atoms with Crippen molar-refractivity contribution >= 4 is 15.9 Å². The van der Waals surface area contributed by atoms with Gasteiger partial charge in [-0.1, -0.05) is 15.9 Å². The SMILES string of the molecule is COc1ccc(Br)cc1C(C#N)N1CCNCC1. The van der Waals surface area contributed by atoms with Gasteiger partial charge < -0.3 is 10.1 Å². The molecule has 96 valence electrons. The maximum absolute atomic E-state index is 9.46. The smallest absolute Gasteiger partial charge is 0.127 e. The molecule has 1 saturated heterocycles. The second-order valence-electron chi connectivity index (χ2n) is 4.20. The Hall–Kier alpha value is -1.09. The van der Waals surface area contributed by atoms with E-state index in [9.17, 15) is 5.26 Å². The molecule has 18 heavy (non-hydrogen) atoms. The zero-order valence-electron chi connectivity index (χ0n) is 10.3. The maximum atomic E-state index is 9.46. The Kier molecular flexibility index (Phi) is 4.59. The molecule has 0 amide bonds. The van der Waals surface area contributed by atoms with Crippen molar-refractivity contribution in [2.45, 2.75) is 6.04 Å². The average Bonchev–Trinajstić information content (AvgIpc) is 2.41. The van der Waals surface area contributed by atoms with E-state index in [1.165, 1.54) is 0 Å². The lowest BCUT2D eigenvalue weighted by Crippen LogP contribution is -2.44. The minimum absolute atomic E-state index is 0.250. The third kappa shape index (κ3) is 2.83. The largest absolute Gasteiger partial charge is 0.496 e. The molecule has 0 saturated carbocycles. The molecule has 1 aromatic carbocycles. The van der Waals surface area contributed by atoms with Crippen molar-refractivity contribution in [1.82, 2.24) is 10.2 Å². The van der Waals surface area contributed by atoms with Crippen molar-refractivity contribution in [1.29, 1.82) is 5.26 Å². The zero-order chi connectivity index (χ0) is 13.0. The first-order chi connectivity index (χ1) is 8.76. The van der Waals surface area contributed by atoms with E-state index in [1.807, 2.05) is 18.2 Å². The van der Waals surface area contributed by atoms with Crippen LogP contribution >= 0.6 is 15.9 Å². The summed E-state index contributed by atoms with van der Waals surface area (Å²) in [7, 11) is 1.64. The van der Waals surface area contributed by atoms with Crippen molar-refractivity contribution in [2.24, 2.45) is 0 Å². The van der Waals surface area contributed by atoms with Crippen molar-refractivity contribution < 1.29 is 4.74 Å². The number of hydrogen-bond donors (Lipinski definition) is 1. The number of nitriles is 1. The lowest BCUT2D eigenvalue weighted by molar-refractivity contribution is 0.204. The predicted molar refractivity (Wildman–Crippen MR) is 73.5 cm³/mol. The molecule has 0 aromatic heterocycles. The minimum atomic E-state index is -0.250. The van der Waals surface area contributed by atoms with E-state index in [1.54, 1.807) is 7.11 Å². The summed E-state index contributed by atoms with van der Waals surface area (Å²) in [6.45, 7) is 3.62. The number of nitrogens with one attached hydrogen (secondary N) is 1. The number of benzene rings is 1. The average molecular weight is 310 g/mol. The Morgan fingerprint density at radius 3 is 2.78 bits per heavy atom. The van der Waals surface area contributed by atoms with Gasteiger partial charge in [0.25, 0.3) is 0 Å². The van der Waals surface area contributed by atoms with Crippen molar-refractivity contribution in [3.63, 3.8) is 0 Å². The summed E-state index contributed by atoms with van der Waals surface area (Å²) in [5.74, 6) is 0.767. The van der Waals surface area contributed by atoms with Gasteiger partial charge in [0.05, 0.1) is 13.2 Å². The van der Waals surface area contributed by atoms with Gasteiger partial charge in [-0.2, -0.15) is 5.26 Å². The second kappa shape index (κ2) is 6.19. The normalized spacial score (nSPS) is 18.1. The number of methoxy groups -OCH3 is 1. The fourth-order valence-corrected chi connectivity index (χ4v) is 2.59. The molecule has 1 fully saturated rings. The van der Waals surface area contributed by atoms with Crippen LogP contribution in [0.25, 0.3) is 0 Å². The molecule has 1 atom stereocenters. The summed E-state index contributed by atoms with van der Waals surface area (Å²) in [5, 5.41) is 12.8. The topological polar surface area (TPSA) is 48.3 Å². The van der Waals surface area contributed by atoms with Gasteiger partial charge in [-0.15, -0.1) is 0 Å². The van der Waals surface area contributed by atoms with Crippen molar-refractivity contribution in [3.05, 3.63) is 28.2 Å². The fourth-order valence-electron chi connectivity index (χ4n) is 2.21. The van der Waals surface area contributed by atoms with Gasteiger partial charge in [-0.25, -0.2) is 0 Å². The number of nitrogens with zero attached hydrogens (tertiary/aromatic N) is 2. The van der Waals surface area contributed by atoms with Crippen LogP contribution in [0.5, 0.6) is 5.75 Å². The first-order valence-electron chi connectivity index (χ1n) is 5.94. The van der Waals surface area contributed by atoms with E-state index in [4.69, 9.17) is 4.74 Å². The maximum Gasteiger partial charge on any atom is 0.127 e. The van der Waals surface area contributed by atoms with Gasteiger partial charge in [0.15, 0.2) is 0 Å². The van der Waals surface area contributed by atoms with Crippen molar-refractivity contribution in [3.8, 4) is 11.8 Å². The molecule has 0 bridgehead atoms. The van der Waals surface area contributed by atoms with Crippen molar-refractivity contribution in [2.75, 3.05) is 33.3 Å². The summed E-state index contributed by atoms with van der Waals surface area (Å²) in [6, 6.07) is 7.92. The molecule has 1 heterocycles. The zero-order valence-corrected chi connectivity index (χ0v) is 11.9. The summed E-state index contributed by atoms with van der Waals surface area (Å²) in [5.41, 5.74) is 0.927. The molecule has 0 spiro atoms. The molecule has 1 unspecified atom stereocenters. The van der Waals surface area contributed by atoms with Gasteiger partial charge in [-0.3, -0.25) is 4.90 Å². The standard InChI is InChI=1S/C13H16BrN3O/c1-18-13-3-2-10(14)8-11(13)12(9-15)17-6-4-16-5-7-17/h2-3,8,12,16H,4-7H2,1H3. The first-order valence-corrected chi connectivity index (χ1v) is 6.73. The van der Waals surface area contributed by atoms with Crippen LogP contribution in [-0.4, -0.2) is 38.2 Å². The van der Waals surface area contributed by atoms with E-state index in [0.717, 1.165) is 42.0 Å². The third-order valence-electron chi connectivity index (χ3n) is 3.13. The van der Waals surface area contributed by atoms with Crippen LogP contribution in [0.4, 0.5) is 0 Å². The van der Waals surface area contributed by atoms with E-state index >= 15 is 0 Å². The second-order valence-corrected chi connectivity index (χ2v) is 5.12. The number of ether oxygens (including phenoxy) is 1. The number of halogens is 1. The molecular formula is C13H16BrN3O. The first kappa shape index (κ1) is 13.3. The van der Waals surface area contributed by atoms with Crippen LogP contribution in [0, 0.1) is 11.3 Å². The van der Waals surface area contributed by atoms with Gasteiger partial charge in [0.1, 0.15) is 11.8 Å². The van der Waals surface area contributed by atoms with E-state index in [2.05, 4.69) is 32.2 Å². The highest BCUT2D eigenvalue weighted by Gasteiger charge is 2.24. The highest BCUT2D eigenvalue weighted by Crippen LogP contribution is 2.31. The van der Waals surface area contributed by atoms with Gasteiger partial charge in [0, 0.05) is 36.2 Å². The number of hydrogen-bond acceptors (Lipinski definition) is 4. The Bertz CT molecular complexity index is 452. The van der Waals surface area contributed by atoms with Crippen LogP contribution in [0.3, 0.4) is 0 Å². The number of piperazine rings is 1. The molecule has 5 heteroatoms. The van der Waals surface area contributed by atoms with Crippen LogP contribution in [-0.2, 0) is 0 Å². The highest BCUT2D eigenvalue weighted by molar-refractivity contribution is 9.10. The Balaban J connectivity index is 2.31. The van der Waals surface area contributed by atoms with Crippen LogP contribution < -0.4 is 10.1 Å². The fraction of sp³-hybridized carbons (Fsp3) is 0.462. The molecule has 4 nitrogen and oxygen atoms in total. The van der Waals surface area contributed by atoms with Gasteiger partial charge in [-0.05, 0) is 18.2 Å². The minimum Gasteiger partial charge on any atom is -0.496 e. The number of rotatable bonds is 3. The summed E-state index contributed by atoms with van der Waals surface area (Å²) in [4.78, 5) is 2.18. The third-order valence-corrected chi connectivity index (χ3v) is 3.62. The predicted octanol–water partition coefficient (Wildman–Crippen LogP) is 1.93. The van der Waals surface area contributed by atoms with Crippen LogP contribution in [0.15, 0.2) is 22.7 Å². The summed E-state index contributed by atoms with van der Waals surface area (Å²) < 4.78 is 6.33. The molecule has 1 aromatic rings. The lowest BCUT2D eigenvalue weighted by atomic mass is 10.0. The monoisotopic (exact) mass is 309 g/mol. The van der Waals surface area contributed by atoms with E-state index in [-0.39, 0.29) is 6.04 Å². The molecule has 1 N–H and O–H groups in total. The summed E-state index contributed by atoms with van der Waals surface area (Å²) >= 11 is 3.45. The van der Waals surface area contributed by atoms with E-state index < -0.39 is 0 Å². The summed E-state index contributed by atoms with van der Waals surface area (Å²) in [6.07, 6.45) is 0. The molecule has 1 aliphatic rings. The van der Waals surface area contributed by atoms with Crippen LogP contribution in [0.2, 0.25) is 0 Å².